The largest absolute Gasteiger partial charge is 0.371 e. The van der Waals surface area contributed by atoms with Crippen molar-refractivity contribution < 1.29 is 9.84 Å². The second-order valence-corrected chi connectivity index (χ2v) is 15.3. The molecule has 44 heavy (non-hydrogen) atoms. The summed E-state index contributed by atoms with van der Waals surface area (Å²) in [7, 11) is 1.97. The molecule has 8 atom stereocenters. The average molecular weight is 618 g/mol. The Morgan fingerprint density at radius 2 is 1.66 bits per heavy atom. The van der Waals surface area contributed by atoms with Crippen LogP contribution in [0, 0.1) is 46.3 Å². The number of ether oxygens (including phenoxy) is 1. The quantitative estimate of drug-likeness (QED) is 0.192. The SMILES string of the molecule is CC.CC(C)CCCC[C@H]1CCC2C3CCC4CC(OCO)CCC4(C)C3CCC21C.CCC.CNCCCn1ccnc1. The number of hydrogen-bond donors (Lipinski definition) is 2. The van der Waals surface area contributed by atoms with Crippen molar-refractivity contribution in [2.75, 3.05) is 20.4 Å². The minimum Gasteiger partial charge on any atom is -0.371 e. The minimum absolute atomic E-state index is 0.0981. The molecule has 5 heteroatoms. The van der Waals surface area contributed by atoms with E-state index in [0.717, 1.165) is 61.4 Å². The van der Waals surface area contributed by atoms with E-state index in [1.54, 1.807) is 6.20 Å². The van der Waals surface area contributed by atoms with Gasteiger partial charge in [-0.05, 0) is 131 Å². The lowest BCUT2D eigenvalue weighted by Crippen LogP contribution is -2.54. The van der Waals surface area contributed by atoms with Gasteiger partial charge >= 0.3 is 0 Å². The first kappa shape index (κ1) is 39.3. The molecule has 7 unspecified atom stereocenters. The van der Waals surface area contributed by atoms with Gasteiger partial charge in [0.1, 0.15) is 6.79 Å². The van der Waals surface area contributed by atoms with Crippen molar-refractivity contribution in [3.05, 3.63) is 18.7 Å². The van der Waals surface area contributed by atoms with Crippen molar-refractivity contribution in [2.24, 2.45) is 46.3 Å². The third-order valence-corrected chi connectivity index (χ3v) is 12.1. The van der Waals surface area contributed by atoms with Gasteiger partial charge in [-0.3, -0.25) is 0 Å². The summed E-state index contributed by atoms with van der Waals surface area (Å²) in [5, 5.41) is 12.3. The number of fused-ring (bicyclic) bond motifs is 5. The number of imidazole rings is 1. The Labute approximate surface area is 274 Å². The van der Waals surface area contributed by atoms with Gasteiger partial charge < -0.3 is 19.7 Å². The van der Waals surface area contributed by atoms with E-state index in [-0.39, 0.29) is 6.79 Å². The number of aliphatic hydroxyl groups excluding tert-OH is 1. The summed E-state index contributed by atoms with van der Waals surface area (Å²) in [6, 6.07) is 0. The number of unbranched alkanes of at least 4 members (excludes halogenated alkanes) is 1. The molecule has 0 aromatic carbocycles. The molecule has 0 spiro atoms. The van der Waals surface area contributed by atoms with Crippen molar-refractivity contribution in [3.63, 3.8) is 0 Å². The van der Waals surface area contributed by atoms with E-state index in [9.17, 15) is 5.11 Å². The van der Waals surface area contributed by atoms with Crippen LogP contribution in [0.4, 0.5) is 0 Å². The van der Waals surface area contributed by atoms with Crippen molar-refractivity contribution in [1.82, 2.24) is 14.9 Å². The van der Waals surface area contributed by atoms with E-state index in [1.165, 1.54) is 83.5 Å². The van der Waals surface area contributed by atoms with Crippen LogP contribution >= 0.6 is 0 Å². The molecule has 1 heterocycles. The van der Waals surface area contributed by atoms with E-state index < -0.39 is 0 Å². The number of nitrogens with one attached hydrogen (secondary N) is 1. The van der Waals surface area contributed by atoms with E-state index in [4.69, 9.17) is 4.74 Å². The lowest BCUT2D eigenvalue weighted by atomic mass is 9.44. The van der Waals surface area contributed by atoms with Gasteiger partial charge in [-0.2, -0.15) is 0 Å². The molecule has 4 fully saturated rings. The van der Waals surface area contributed by atoms with Crippen LogP contribution in [0.15, 0.2) is 18.7 Å². The van der Waals surface area contributed by atoms with E-state index in [1.807, 2.05) is 33.4 Å². The van der Waals surface area contributed by atoms with Crippen molar-refractivity contribution >= 4 is 0 Å². The van der Waals surface area contributed by atoms with Crippen molar-refractivity contribution in [1.29, 1.82) is 0 Å². The zero-order valence-corrected chi connectivity index (χ0v) is 30.8. The Morgan fingerprint density at radius 1 is 0.955 bits per heavy atom. The zero-order chi connectivity index (χ0) is 32.6. The van der Waals surface area contributed by atoms with Gasteiger partial charge in [-0.25, -0.2) is 4.98 Å². The summed E-state index contributed by atoms with van der Waals surface area (Å²) < 4.78 is 7.71. The summed E-state index contributed by atoms with van der Waals surface area (Å²) in [6.07, 6.45) is 26.7. The molecule has 2 N–H and O–H groups in total. The number of rotatable bonds is 11. The summed E-state index contributed by atoms with van der Waals surface area (Å²) >= 11 is 0. The monoisotopic (exact) mass is 618 g/mol. The van der Waals surface area contributed by atoms with Crippen LogP contribution in [-0.2, 0) is 11.3 Å². The van der Waals surface area contributed by atoms with Gasteiger partial charge in [0.05, 0.1) is 12.4 Å². The van der Waals surface area contributed by atoms with Gasteiger partial charge in [-0.15, -0.1) is 0 Å². The molecule has 1 aromatic rings. The highest BCUT2D eigenvalue weighted by Crippen LogP contribution is 2.68. The first-order valence-corrected chi connectivity index (χ1v) is 19.1. The maximum atomic E-state index is 9.20. The van der Waals surface area contributed by atoms with Crippen LogP contribution < -0.4 is 5.32 Å². The topological polar surface area (TPSA) is 59.3 Å². The molecule has 1 aromatic heterocycles. The molecule has 258 valence electrons. The summed E-state index contributed by atoms with van der Waals surface area (Å²) in [4.78, 5) is 3.94. The second kappa shape index (κ2) is 20.4. The molecule has 5 rings (SSSR count). The van der Waals surface area contributed by atoms with Crippen LogP contribution in [0.1, 0.15) is 152 Å². The Bertz CT molecular complexity index is 844. The Balaban J connectivity index is 0.000000375. The zero-order valence-electron chi connectivity index (χ0n) is 30.8. The lowest BCUT2D eigenvalue weighted by Gasteiger charge is -2.61. The maximum Gasteiger partial charge on any atom is 0.143 e. The smallest absolute Gasteiger partial charge is 0.143 e. The van der Waals surface area contributed by atoms with Crippen molar-refractivity contribution in [3.8, 4) is 0 Å². The summed E-state index contributed by atoms with van der Waals surface area (Å²) in [5.41, 5.74) is 1.17. The predicted molar refractivity (Wildman–Crippen MR) is 189 cm³/mol. The molecule has 5 nitrogen and oxygen atoms in total. The Morgan fingerprint density at radius 3 is 2.30 bits per heavy atom. The molecule has 4 aliphatic rings. The van der Waals surface area contributed by atoms with Gasteiger partial charge in [0.15, 0.2) is 0 Å². The second-order valence-electron chi connectivity index (χ2n) is 15.3. The predicted octanol–water partition coefficient (Wildman–Crippen LogP) is 10.1. The first-order chi connectivity index (χ1) is 21.2. The number of aliphatic hydroxyl groups is 1. The minimum atomic E-state index is -0.0981. The molecule has 0 aliphatic heterocycles. The van der Waals surface area contributed by atoms with Gasteiger partial charge in [0.25, 0.3) is 0 Å². The van der Waals surface area contributed by atoms with E-state index in [0.29, 0.717) is 16.9 Å². The molecular weight excluding hydrogens is 542 g/mol. The van der Waals surface area contributed by atoms with Crippen LogP contribution in [0.25, 0.3) is 0 Å². The van der Waals surface area contributed by atoms with E-state index >= 15 is 0 Å². The molecule has 0 amide bonds. The Hall–Kier alpha value is -0.910. The van der Waals surface area contributed by atoms with Gasteiger partial charge in [0, 0.05) is 18.9 Å². The fraction of sp³-hybridized carbons (Fsp3) is 0.923. The number of hydrogen-bond acceptors (Lipinski definition) is 4. The average Bonchev–Trinajstić information content (AvgIpc) is 3.65. The highest BCUT2D eigenvalue weighted by molar-refractivity contribution is 5.09. The van der Waals surface area contributed by atoms with Crippen LogP contribution in [0.2, 0.25) is 0 Å². The van der Waals surface area contributed by atoms with Crippen molar-refractivity contribution in [2.45, 2.75) is 164 Å². The third kappa shape index (κ3) is 10.6. The number of aromatic nitrogens is 2. The van der Waals surface area contributed by atoms with Gasteiger partial charge in [0.2, 0.25) is 0 Å². The first-order valence-electron chi connectivity index (χ1n) is 19.1. The summed E-state index contributed by atoms with van der Waals surface area (Å²) in [6.45, 7) is 20.4. The van der Waals surface area contributed by atoms with Crippen LogP contribution in [0.5, 0.6) is 0 Å². The molecule has 0 bridgehead atoms. The molecular formula is C39H75N3O2. The fourth-order valence-corrected chi connectivity index (χ4v) is 9.86. The number of nitrogens with zero attached hydrogens (tertiary/aromatic N) is 2. The maximum absolute atomic E-state index is 9.20. The highest BCUT2D eigenvalue weighted by Gasteiger charge is 2.59. The van der Waals surface area contributed by atoms with E-state index in [2.05, 4.69) is 56.4 Å². The summed E-state index contributed by atoms with van der Waals surface area (Å²) in [5.74, 6) is 5.64. The molecule has 0 saturated heterocycles. The molecule has 4 saturated carbocycles. The highest BCUT2D eigenvalue weighted by atomic mass is 16.6. The Kier molecular flexibility index (Phi) is 18.2. The standard InChI is InChI=1S/C27H48O2.C7H13N3.C3H8.C2H6/c1-19(2)7-5-6-8-20-10-12-24-23-11-9-21-17-22(29-18-28)13-15-27(21,4)25(23)14-16-26(20,24)3;1-8-3-2-5-10-6-4-9-7-10;1-3-2;1-2/h19-25,28H,5-18H2,1-4H3;4,6-8H,2-3,5H2,1H3;3H2,1-2H3;1-2H3/t20-,21?,22?,23?,24?,25?,26?,27?;;;/m0.../s1. The fourth-order valence-electron chi connectivity index (χ4n) is 9.86. The van der Waals surface area contributed by atoms with Crippen LogP contribution in [0.3, 0.4) is 0 Å². The van der Waals surface area contributed by atoms with Gasteiger partial charge in [-0.1, -0.05) is 81.1 Å². The van der Waals surface area contributed by atoms with Crippen LogP contribution in [-0.4, -0.2) is 41.1 Å². The number of aryl methyl sites for hydroxylation is 1. The molecule has 0 radical (unpaired) electrons. The normalized spacial score (nSPS) is 33.8. The lowest BCUT2D eigenvalue weighted by molar-refractivity contribution is -0.148. The third-order valence-electron chi connectivity index (χ3n) is 12.1. The molecule has 4 aliphatic carbocycles.